The van der Waals surface area contributed by atoms with Crippen LogP contribution in [-0.2, 0) is 14.3 Å². The fourth-order valence-electron chi connectivity index (χ4n) is 4.32. The van der Waals surface area contributed by atoms with Gasteiger partial charge >= 0.3 is 0 Å². The molecule has 0 spiro atoms. The van der Waals surface area contributed by atoms with E-state index in [9.17, 15) is 14.7 Å². The minimum atomic E-state index is -0.708. The van der Waals surface area contributed by atoms with Gasteiger partial charge in [-0.1, -0.05) is 23.7 Å². The predicted octanol–water partition coefficient (Wildman–Crippen LogP) is 3.49. The minimum Gasteiger partial charge on any atom is -0.507 e. The van der Waals surface area contributed by atoms with E-state index in [0.29, 0.717) is 48.1 Å². The van der Waals surface area contributed by atoms with Crippen molar-refractivity contribution < 1.29 is 24.2 Å². The van der Waals surface area contributed by atoms with E-state index >= 15 is 0 Å². The summed E-state index contributed by atoms with van der Waals surface area (Å²) in [4.78, 5) is 30.0. The molecule has 2 aromatic carbocycles. The Kier molecular flexibility index (Phi) is 7.33. The summed E-state index contributed by atoms with van der Waals surface area (Å²) in [5, 5.41) is 11.6. The fourth-order valence-corrected chi connectivity index (χ4v) is 4.45. The topological polar surface area (TPSA) is 79.3 Å². The monoisotopic (exact) mass is 470 g/mol. The van der Waals surface area contributed by atoms with Crippen molar-refractivity contribution in [3.05, 3.63) is 70.3 Å². The number of rotatable bonds is 7. The molecule has 2 saturated heterocycles. The number of likely N-dealkylation sites (tertiary alicyclic amines) is 1. The molecule has 1 atom stereocenters. The second-order valence-electron chi connectivity index (χ2n) is 8.08. The number of benzene rings is 2. The number of methoxy groups -OCH3 is 1. The number of carbonyl (C=O) groups is 2. The van der Waals surface area contributed by atoms with E-state index in [1.54, 1.807) is 48.4 Å². The summed E-state index contributed by atoms with van der Waals surface area (Å²) in [6, 6.07) is 13.1. The number of hydrogen-bond acceptors (Lipinski definition) is 6. The van der Waals surface area contributed by atoms with Crippen LogP contribution in [0.25, 0.3) is 5.76 Å². The summed E-state index contributed by atoms with van der Waals surface area (Å²) in [5.74, 6) is -0.909. The van der Waals surface area contributed by atoms with Crippen molar-refractivity contribution in [3.63, 3.8) is 0 Å². The Morgan fingerprint density at radius 1 is 1.12 bits per heavy atom. The van der Waals surface area contributed by atoms with E-state index in [4.69, 9.17) is 21.1 Å². The summed E-state index contributed by atoms with van der Waals surface area (Å²) in [6.07, 6.45) is 0.703. The van der Waals surface area contributed by atoms with Crippen molar-refractivity contribution in [1.82, 2.24) is 9.80 Å². The summed E-state index contributed by atoms with van der Waals surface area (Å²) in [7, 11) is 1.56. The molecule has 2 aliphatic heterocycles. The Hall–Kier alpha value is -2.87. The molecule has 1 unspecified atom stereocenters. The normalized spacial score (nSPS) is 20.9. The first-order chi connectivity index (χ1) is 16.0. The van der Waals surface area contributed by atoms with E-state index in [1.165, 1.54) is 0 Å². The molecule has 2 heterocycles. The summed E-state index contributed by atoms with van der Waals surface area (Å²) in [5.41, 5.74) is 1.20. The van der Waals surface area contributed by atoms with E-state index in [1.807, 2.05) is 12.1 Å². The molecule has 1 N–H and O–H groups in total. The van der Waals surface area contributed by atoms with E-state index in [2.05, 4.69) is 4.90 Å². The van der Waals surface area contributed by atoms with Gasteiger partial charge in [0.15, 0.2) is 0 Å². The number of carbonyl (C=O) groups excluding carboxylic acids is 2. The molecular formula is C25H27ClN2O5. The lowest BCUT2D eigenvalue weighted by Gasteiger charge is -2.29. The first kappa shape index (κ1) is 23.3. The lowest BCUT2D eigenvalue weighted by atomic mass is 9.95. The number of halogens is 1. The molecule has 8 heteroatoms. The van der Waals surface area contributed by atoms with Crippen molar-refractivity contribution in [2.45, 2.75) is 12.5 Å². The molecular weight excluding hydrogens is 444 g/mol. The largest absolute Gasteiger partial charge is 0.507 e. The Labute approximate surface area is 198 Å². The average Bonchev–Trinajstić information content (AvgIpc) is 3.10. The number of ether oxygens (including phenoxy) is 2. The van der Waals surface area contributed by atoms with E-state index < -0.39 is 17.7 Å². The maximum atomic E-state index is 13.1. The van der Waals surface area contributed by atoms with Gasteiger partial charge in [0, 0.05) is 36.8 Å². The van der Waals surface area contributed by atoms with Crippen molar-refractivity contribution in [3.8, 4) is 5.75 Å². The molecule has 2 aliphatic rings. The zero-order chi connectivity index (χ0) is 23.4. The Morgan fingerprint density at radius 3 is 2.55 bits per heavy atom. The molecule has 0 aliphatic carbocycles. The second-order valence-corrected chi connectivity index (χ2v) is 8.52. The van der Waals surface area contributed by atoms with Crippen LogP contribution in [0.2, 0.25) is 5.02 Å². The van der Waals surface area contributed by atoms with Crippen LogP contribution in [-0.4, -0.2) is 73.1 Å². The third kappa shape index (κ3) is 5.05. The highest BCUT2D eigenvalue weighted by Crippen LogP contribution is 2.40. The van der Waals surface area contributed by atoms with Gasteiger partial charge in [0.25, 0.3) is 11.7 Å². The second kappa shape index (κ2) is 10.4. The van der Waals surface area contributed by atoms with Gasteiger partial charge < -0.3 is 19.5 Å². The standard InChI is InChI=1S/C25H27ClN2O5/c1-32-20-5-2-4-18(16-20)22-21(23(29)17-6-8-19(26)9-7-17)24(30)25(31)28(22)11-3-10-27-12-14-33-15-13-27/h2,4-9,16,22,29H,3,10-15H2,1H3/b23-21+. The van der Waals surface area contributed by atoms with Crippen LogP contribution in [0.1, 0.15) is 23.6 Å². The van der Waals surface area contributed by atoms with Gasteiger partial charge in [-0.05, 0) is 48.4 Å². The average molecular weight is 471 g/mol. The highest BCUT2D eigenvalue weighted by Gasteiger charge is 2.45. The molecule has 0 aromatic heterocycles. The molecule has 174 valence electrons. The van der Waals surface area contributed by atoms with Gasteiger partial charge in [-0.2, -0.15) is 0 Å². The van der Waals surface area contributed by atoms with Crippen LogP contribution in [0, 0.1) is 0 Å². The van der Waals surface area contributed by atoms with Gasteiger partial charge in [0.1, 0.15) is 11.5 Å². The first-order valence-electron chi connectivity index (χ1n) is 11.0. The molecule has 0 saturated carbocycles. The molecule has 0 bridgehead atoms. The number of hydrogen-bond donors (Lipinski definition) is 1. The van der Waals surface area contributed by atoms with Crippen LogP contribution in [0.5, 0.6) is 5.75 Å². The number of aliphatic hydroxyl groups is 1. The molecule has 0 radical (unpaired) electrons. The van der Waals surface area contributed by atoms with Crippen molar-refractivity contribution in [2.75, 3.05) is 46.5 Å². The zero-order valence-corrected chi connectivity index (χ0v) is 19.3. The van der Waals surface area contributed by atoms with Gasteiger partial charge in [-0.15, -0.1) is 0 Å². The fraction of sp³-hybridized carbons (Fsp3) is 0.360. The zero-order valence-electron chi connectivity index (χ0n) is 18.5. The summed E-state index contributed by atoms with van der Waals surface area (Å²) < 4.78 is 10.7. The van der Waals surface area contributed by atoms with Gasteiger partial charge in [-0.25, -0.2) is 0 Å². The molecule has 7 nitrogen and oxygen atoms in total. The number of Topliss-reactive ketones (excluding diaryl/α,β-unsaturated/α-hetero) is 1. The highest BCUT2D eigenvalue weighted by atomic mass is 35.5. The highest BCUT2D eigenvalue weighted by molar-refractivity contribution is 6.46. The maximum absolute atomic E-state index is 13.1. The quantitative estimate of drug-likeness (QED) is 0.379. The number of morpholine rings is 1. The van der Waals surface area contributed by atoms with E-state index in [0.717, 1.165) is 19.6 Å². The van der Waals surface area contributed by atoms with Crippen LogP contribution in [0.15, 0.2) is 54.1 Å². The molecule has 2 aromatic rings. The molecule has 4 rings (SSSR count). The first-order valence-corrected chi connectivity index (χ1v) is 11.4. The van der Waals surface area contributed by atoms with Gasteiger partial charge in [0.05, 0.1) is 31.9 Å². The molecule has 33 heavy (non-hydrogen) atoms. The Balaban J connectivity index is 1.68. The smallest absolute Gasteiger partial charge is 0.295 e. The van der Waals surface area contributed by atoms with E-state index in [-0.39, 0.29) is 11.3 Å². The van der Waals surface area contributed by atoms with Gasteiger partial charge in [-0.3, -0.25) is 14.5 Å². The SMILES string of the molecule is COc1cccc(C2/C(=C(\O)c3ccc(Cl)cc3)C(=O)C(=O)N2CCCN2CCOCC2)c1. The minimum absolute atomic E-state index is 0.0712. The Morgan fingerprint density at radius 2 is 1.85 bits per heavy atom. The third-order valence-electron chi connectivity index (χ3n) is 6.04. The number of ketones is 1. The van der Waals surface area contributed by atoms with Crippen LogP contribution in [0.4, 0.5) is 0 Å². The number of nitrogens with zero attached hydrogens (tertiary/aromatic N) is 2. The lowest BCUT2D eigenvalue weighted by Crippen LogP contribution is -2.38. The summed E-state index contributed by atoms with van der Waals surface area (Å²) in [6.45, 7) is 4.31. The number of aliphatic hydroxyl groups excluding tert-OH is 1. The summed E-state index contributed by atoms with van der Waals surface area (Å²) >= 11 is 5.98. The predicted molar refractivity (Wildman–Crippen MR) is 125 cm³/mol. The Bertz CT molecular complexity index is 1050. The molecule has 1 amide bonds. The number of amides is 1. The maximum Gasteiger partial charge on any atom is 0.295 e. The third-order valence-corrected chi connectivity index (χ3v) is 6.30. The van der Waals surface area contributed by atoms with Crippen LogP contribution >= 0.6 is 11.6 Å². The van der Waals surface area contributed by atoms with Crippen molar-refractivity contribution in [2.24, 2.45) is 0 Å². The van der Waals surface area contributed by atoms with Gasteiger partial charge in [0.2, 0.25) is 0 Å². The van der Waals surface area contributed by atoms with Crippen molar-refractivity contribution in [1.29, 1.82) is 0 Å². The lowest BCUT2D eigenvalue weighted by molar-refractivity contribution is -0.140. The molecule has 2 fully saturated rings. The van der Waals surface area contributed by atoms with Crippen molar-refractivity contribution >= 4 is 29.1 Å². The van der Waals surface area contributed by atoms with Crippen LogP contribution in [0.3, 0.4) is 0 Å². The van der Waals surface area contributed by atoms with Crippen LogP contribution < -0.4 is 4.74 Å².